The van der Waals surface area contributed by atoms with Crippen molar-refractivity contribution in [3.8, 4) is 0 Å². The summed E-state index contributed by atoms with van der Waals surface area (Å²) < 4.78 is 0.945. The van der Waals surface area contributed by atoms with Gasteiger partial charge in [0.25, 0.3) is 0 Å². The van der Waals surface area contributed by atoms with E-state index in [0.29, 0.717) is 5.82 Å². The number of amides is 1. The van der Waals surface area contributed by atoms with Crippen LogP contribution in [0.4, 0.5) is 5.82 Å². The molecule has 1 heterocycles. The first-order chi connectivity index (χ1) is 5.20. The topological polar surface area (TPSA) is 42.0 Å². The van der Waals surface area contributed by atoms with Crippen LogP contribution in [0.15, 0.2) is 18.3 Å². The molecule has 4 heteroatoms. The number of rotatable bonds is 1. The number of nitrogens with zero attached hydrogens (tertiary/aromatic N) is 1. The molecule has 0 atom stereocenters. The Kier molecular flexibility index (Phi) is 2.81. The molecular weight excluding hydrogens is 255 g/mol. The summed E-state index contributed by atoms with van der Waals surface area (Å²) in [5.74, 6) is 0.530. The zero-order valence-electron chi connectivity index (χ0n) is 5.97. The molecule has 1 aromatic heterocycles. The van der Waals surface area contributed by atoms with Crippen molar-refractivity contribution in [3.63, 3.8) is 0 Å². The average Bonchev–Trinajstić information content (AvgIpc) is 1.93. The maximum absolute atomic E-state index is 10.6. The Morgan fingerprint density at radius 1 is 1.73 bits per heavy atom. The van der Waals surface area contributed by atoms with E-state index in [4.69, 9.17) is 0 Å². The number of halogens is 1. The maximum Gasteiger partial charge on any atom is 0.222 e. The Bertz CT molecular complexity index is 275. The van der Waals surface area contributed by atoms with Gasteiger partial charge in [-0.2, -0.15) is 0 Å². The van der Waals surface area contributed by atoms with E-state index >= 15 is 0 Å². The van der Waals surface area contributed by atoms with Crippen LogP contribution < -0.4 is 5.32 Å². The van der Waals surface area contributed by atoms with Crippen LogP contribution in [0.3, 0.4) is 0 Å². The lowest BCUT2D eigenvalue weighted by Gasteiger charge is -2.01. The number of carbonyl (C=O) groups excluding carboxylic acids is 1. The van der Waals surface area contributed by atoms with Gasteiger partial charge in [-0.3, -0.25) is 4.79 Å². The summed E-state index contributed by atoms with van der Waals surface area (Å²) in [6, 6.07) is 3.71. The minimum Gasteiger partial charge on any atom is -0.310 e. The van der Waals surface area contributed by atoms with Crippen LogP contribution in [0, 0.1) is 3.57 Å². The highest BCUT2D eigenvalue weighted by Gasteiger charge is 1.99. The Hall–Kier alpha value is -0.650. The maximum atomic E-state index is 10.6. The normalized spacial score (nSPS) is 9.27. The lowest BCUT2D eigenvalue weighted by Crippen LogP contribution is -2.08. The second-order valence-corrected chi connectivity index (χ2v) is 3.18. The van der Waals surface area contributed by atoms with Crippen LogP contribution in [0.1, 0.15) is 6.92 Å². The largest absolute Gasteiger partial charge is 0.310 e. The third-order valence-electron chi connectivity index (χ3n) is 1.05. The first kappa shape index (κ1) is 8.45. The summed E-state index contributed by atoms with van der Waals surface area (Å²) in [6.07, 6.45) is 1.65. The molecule has 0 aliphatic carbocycles. The molecule has 1 aromatic rings. The zero-order chi connectivity index (χ0) is 8.27. The third-order valence-corrected chi connectivity index (χ3v) is 1.92. The highest BCUT2D eigenvalue weighted by molar-refractivity contribution is 14.1. The van der Waals surface area contributed by atoms with E-state index in [9.17, 15) is 4.79 Å². The average molecular weight is 262 g/mol. The van der Waals surface area contributed by atoms with Gasteiger partial charge in [0.1, 0.15) is 5.82 Å². The summed E-state index contributed by atoms with van der Waals surface area (Å²) in [4.78, 5) is 14.6. The smallest absolute Gasteiger partial charge is 0.222 e. The molecule has 0 bridgehead atoms. The van der Waals surface area contributed by atoms with Gasteiger partial charge in [-0.05, 0) is 34.7 Å². The lowest BCUT2D eigenvalue weighted by atomic mass is 10.4. The Morgan fingerprint density at radius 3 is 3.00 bits per heavy atom. The highest BCUT2D eigenvalue weighted by Crippen LogP contribution is 2.12. The van der Waals surface area contributed by atoms with Crippen molar-refractivity contribution in [2.45, 2.75) is 6.92 Å². The quantitative estimate of drug-likeness (QED) is 0.782. The van der Waals surface area contributed by atoms with E-state index in [1.165, 1.54) is 6.92 Å². The van der Waals surface area contributed by atoms with Gasteiger partial charge in [0, 0.05) is 13.1 Å². The van der Waals surface area contributed by atoms with Crippen molar-refractivity contribution in [1.82, 2.24) is 4.98 Å². The van der Waals surface area contributed by atoms with Crippen LogP contribution in [0.5, 0.6) is 0 Å². The van der Waals surface area contributed by atoms with Crippen molar-refractivity contribution in [2.75, 3.05) is 5.32 Å². The molecule has 1 rings (SSSR count). The van der Waals surface area contributed by atoms with Gasteiger partial charge in [-0.15, -0.1) is 0 Å². The van der Waals surface area contributed by atoms with E-state index in [2.05, 4.69) is 32.9 Å². The molecule has 58 valence electrons. The summed E-state index contributed by atoms with van der Waals surface area (Å²) in [7, 11) is 0. The molecule has 1 N–H and O–H groups in total. The van der Waals surface area contributed by atoms with Gasteiger partial charge in [0.15, 0.2) is 0 Å². The van der Waals surface area contributed by atoms with Crippen LogP contribution >= 0.6 is 22.6 Å². The van der Waals surface area contributed by atoms with Crippen molar-refractivity contribution in [2.24, 2.45) is 0 Å². The zero-order valence-corrected chi connectivity index (χ0v) is 8.12. The molecule has 0 aliphatic rings. The van der Waals surface area contributed by atoms with Gasteiger partial charge in [0.2, 0.25) is 5.91 Å². The number of carbonyl (C=O) groups is 1. The number of anilines is 1. The van der Waals surface area contributed by atoms with Gasteiger partial charge in [0.05, 0.1) is 3.57 Å². The summed E-state index contributed by atoms with van der Waals surface area (Å²) in [6.45, 7) is 1.46. The predicted molar refractivity (Wildman–Crippen MR) is 51.3 cm³/mol. The molecular formula is C7H7IN2O. The van der Waals surface area contributed by atoms with Crippen LogP contribution in [-0.2, 0) is 4.79 Å². The first-order valence-corrected chi connectivity index (χ1v) is 4.16. The first-order valence-electron chi connectivity index (χ1n) is 3.08. The molecule has 0 spiro atoms. The molecule has 1 amide bonds. The van der Waals surface area contributed by atoms with Crippen molar-refractivity contribution < 1.29 is 4.79 Å². The number of aromatic nitrogens is 1. The fraction of sp³-hybridized carbons (Fsp3) is 0.143. The van der Waals surface area contributed by atoms with Crippen molar-refractivity contribution >= 4 is 34.3 Å². The molecule has 0 aromatic carbocycles. The molecule has 0 unspecified atom stereocenters. The van der Waals surface area contributed by atoms with Gasteiger partial charge in [-0.1, -0.05) is 0 Å². The number of hydrogen-bond acceptors (Lipinski definition) is 2. The molecule has 0 saturated carbocycles. The van der Waals surface area contributed by atoms with Gasteiger partial charge >= 0.3 is 0 Å². The van der Waals surface area contributed by atoms with E-state index in [-0.39, 0.29) is 5.91 Å². The molecule has 0 saturated heterocycles. The molecule has 0 aliphatic heterocycles. The molecule has 11 heavy (non-hydrogen) atoms. The molecule has 0 fully saturated rings. The minimum absolute atomic E-state index is 0.0957. The fourth-order valence-electron chi connectivity index (χ4n) is 0.644. The van der Waals surface area contributed by atoms with Crippen LogP contribution in [-0.4, -0.2) is 10.9 Å². The Morgan fingerprint density at radius 2 is 2.45 bits per heavy atom. The predicted octanol–water partition coefficient (Wildman–Crippen LogP) is 1.64. The van der Waals surface area contributed by atoms with Crippen molar-refractivity contribution in [3.05, 3.63) is 21.9 Å². The monoisotopic (exact) mass is 262 g/mol. The SMILES string of the molecule is CC(=O)Nc1ncccc1I. The third kappa shape index (κ3) is 2.45. The van der Waals surface area contributed by atoms with E-state index in [0.717, 1.165) is 3.57 Å². The Balaban J connectivity index is 2.86. The second kappa shape index (κ2) is 3.66. The standard InChI is InChI=1S/C7H7IN2O/c1-5(11)10-7-6(8)3-2-4-9-7/h2-4H,1H3,(H,9,10,11). The summed E-state index contributed by atoms with van der Waals surface area (Å²) in [5.41, 5.74) is 0. The van der Waals surface area contributed by atoms with Crippen LogP contribution in [0.25, 0.3) is 0 Å². The number of pyridine rings is 1. The number of nitrogens with one attached hydrogen (secondary N) is 1. The second-order valence-electron chi connectivity index (χ2n) is 2.02. The Labute approximate surface area is 78.4 Å². The minimum atomic E-state index is -0.0957. The van der Waals surface area contributed by atoms with E-state index < -0.39 is 0 Å². The van der Waals surface area contributed by atoms with Crippen LogP contribution in [0.2, 0.25) is 0 Å². The fourth-order valence-corrected chi connectivity index (χ4v) is 1.13. The van der Waals surface area contributed by atoms with Gasteiger partial charge in [-0.25, -0.2) is 4.98 Å². The van der Waals surface area contributed by atoms with E-state index in [1.807, 2.05) is 12.1 Å². The molecule has 3 nitrogen and oxygen atoms in total. The summed E-state index contributed by atoms with van der Waals surface area (Å²) >= 11 is 2.12. The lowest BCUT2D eigenvalue weighted by molar-refractivity contribution is -0.114. The highest BCUT2D eigenvalue weighted by atomic mass is 127. The number of hydrogen-bond donors (Lipinski definition) is 1. The van der Waals surface area contributed by atoms with Gasteiger partial charge < -0.3 is 5.32 Å². The summed E-state index contributed by atoms with van der Waals surface area (Å²) in [5, 5.41) is 2.62. The molecule has 0 radical (unpaired) electrons. The van der Waals surface area contributed by atoms with Crippen molar-refractivity contribution in [1.29, 1.82) is 0 Å². The van der Waals surface area contributed by atoms with E-state index in [1.54, 1.807) is 6.20 Å².